The molecule has 1 heterocycles. The van der Waals surface area contributed by atoms with Crippen LogP contribution in [-0.4, -0.2) is 44.1 Å². The summed E-state index contributed by atoms with van der Waals surface area (Å²) in [6, 6.07) is 8.08. The number of halogens is 1. The first-order chi connectivity index (χ1) is 10.7. The van der Waals surface area contributed by atoms with Crippen LogP contribution in [0.15, 0.2) is 24.3 Å². The van der Waals surface area contributed by atoms with Crippen molar-refractivity contribution in [2.75, 3.05) is 33.3 Å². The van der Waals surface area contributed by atoms with E-state index in [-0.39, 0.29) is 12.4 Å². The molecular weight excluding hydrogens is 312 g/mol. The van der Waals surface area contributed by atoms with Gasteiger partial charge in [0.2, 0.25) is 5.91 Å². The van der Waals surface area contributed by atoms with Gasteiger partial charge in [-0.25, -0.2) is 0 Å². The fraction of sp³-hybridized carbons (Fsp3) is 0.611. The zero-order valence-electron chi connectivity index (χ0n) is 14.2. The molecule has 1 saturated heterocycles. The molecule has 2 rings (SSSR count). The molecule has 0 radical (unpaired) electrons. The van der Waals surface area contributed by atoms with Gasteiger partial charge in [-0.15, -0.1) is 12.4 Å². The number of ether oxygens (including phenoxy) is 1. The van der Waals surface area contributed by atoms with Gasteiger partial charge in [0.25, 0.3) is 0 Å². The average molecular weight is 341 g/mol. The van der Waals surface area contributed by atoms with Crippen molar-refractivity contribution >= 4 is 18.3 Å². The molecule has 1 unspecified atom stereocenters. The summed E-state index contributed by atoms with van der Waals surface area (Å²) in [5.41, 5.74) is 1.21. The number of aryl methyl sites for hydroxylation is 1. The Hall–Kier alpha value is -1.26. The van der Waals surface area contributed by atoms with E-state index in [0.29, 0.717) is 24.9 Å². The highest BCUT2D eigenvalue weighted by Gasteiger charge is 2.24. The highest BCUT2D eigenvalue weighted by Crippen LogP contribution is 2.17. The summed E-state index contributed by atoms with van der Waals surface area (Å²) < 4.78 is 5.71. The zero-order chi connectivity index (χ0) is 15.8. The molecular formula is C18H29ClN2O2. The quantitative estimate of drug-likeness (QED) is 0.739. The second-order valence-electron chi connectivity index (χ2n) is 6.17. The number of carbonyl (C=O) groups excluding carboxylic acids is 1. The van der Waals surface area contributed by atoms with Crippen molar-refractivity contribution in [2.24, 2.45) is 5.92 Å². The zero-order valence-corrected chi connectivity index (χ0v) is 15.0. The lowest BCUT2D eigenvalue weighted by molar-refractivity contribution is -0.130. The molecule has 0 spiro atoms. The minimum atomic E-state index is 0. The summed E-state index contributed by atoms with van der Waals surface area (Å²) in [6.07, 6.45) is 3.60. The first-order valence-corrected chi connectivity index (χ1v) is 8.31. The lowest BCUT2D eigenvalue weighted by Crippen LogP contribution is -2.30. The number of unbranched alkanes of at least 4 members (excludes halogenated alkanes) is 1. The van der Waals surface area contributed by atoms with Crippen LogP contribution in [0.5, 0.6) is 5.75 Å². The van der Waals surface area contributed by atoms with Gasteiger partial charge in [-0.05, 0) is 63.4 Å². The number of hydrogen-bond acceptors (Lipinski definition) is 3. The largest absolute Gasteiger partial charge is 0.494 e. The molecule has 4 nitrogen and oxygen atoms in total. The van der Waals surface area contributed by atoms with Crippen LogP contribution in [0.3, 0.4) is 0 Å². The minimum Gasteiger partial charge on any atom is -0.494 e. The van der Waals surface area contributed by atoms with E-state index in [1.54, 1.807) is 0 Å². The Morgan fingerprint density at radius 3 is 2.96 bits per heavy atom. The van der Waals surface area contributed by atoms with E-state index in [1.165, 1.54) is 5.56 Å². The van der Waals surface area contributed by atoms with Gasteiger partial charge in [0.05, 0.1) is 6.61 Å². The number of hydrogen-bond donors (Lipinski definition) is 1. The molecule has 0 aliphatic carbocycles. The van der Waals surface area contributed by atoms with Gasteiger partial charge in [-0.2, -0.15) is 0 Å². The Balaban J connectivity index is 0.00000264. The second-order valence-corrected chi connectivity index (χ2v) is 6.17. The normalized spacial score (nSPS) is 17.0. The lowest BCUT2D eigenvalue weighted by atomic mass is 10.1. The van der Waals surface area contributed by atoms with Crippen LogP contribution in [0.1, 0.15) is 31.2 Å². The fourth-order valence-corrected chi connectivity index (χ4v) is 2.95. The van der Waals surface area contributed by atoms with Crippen molar-refractivity contribution in [1.29, 1.82) is 0 Å². The third kappa shape index (κ3) is 6.80. The summed E-state index contributed by atoms with van der Waals surface area (Å²) in [5, 5.41) is 3.19. The molecule has 1 aromatic rings. The van der Waals surface area contributed by atoms with Crippen LogP contribution in [0, 0.1) is 12.8 Å². The van der Waals surface area contributed by atoms with Crippen LogP contribution in [0.4, 0.5) is 0 Å². The summed E-state index contributed by atoms with van der Waals surface area (Å²) >= 11 is 0. The summed E-state index contributed by atoms with van der Waals surface area (Å²) in [6.45, 7) is 5.58. The Bertz CT molecular complexity index is 482. The topological polar surface area (TPSA) is 41.6 Å². The Kier molecular flexibility index (Phi) is 9.03. The van der Waals surface area contributed by atoms with Crippen molar-refractivity contribution in [3.63, 3.8) is 0 Å². The smallest absolute Gasteiger partial charge is 0.222 e. The van der Waals surface area contributed by atoms with Crippen molar-refractivity contribution in [1.82, 2.24) is 10.2 Å². The maximum atomic E-state index is 12.1. The monoisotopic (exact) mass is 340 g/mol. The summed E-state index contributed by atoms with van der Waals surface area (Å²) in [5.74, 6) is 1.84. The maximum absolute atomic E-state index is 12.1. The van der Waals surface area contributed by atoms with E-state index in [4.69, 9.17) is 4.74 Å². The van der Waals surface area contributed by atoms with Gasteiger partial charge in [0.1, 0.15) is 5.75 Å². The molecule has 1 aromatic carbocycles. The molecule has 1 aliphatic heterocycles. The molecule has 1 N–H and O–H groups in total. The Labute approximate surface area is 146 Å². The first-order valence-electron chi connectivity index (χ1n) is 8.31. The van der Waals surface area contributed by atoms with Crippen LogP contribution in [0.2, 0.25) is 0 Å². The molecule has 5 heteroatoms. The standard InChI is InChI=1S/C18H28N2O2.ClH/c1-15-6-5-7-17(12-15)22-11-4-3-8-18(21)20-10-9-16(14-20)13-19-2;/h5-7,12,16,19H,3-4,8-11,13-14H2,1-2H3;1H. The third-order valence-corrected chi connectivity index (χ3v) is 4.17. The van der Waals surface area contributed by atoms with Gasteiger partial charge in [0.15, 0.2) is 0 Å². The second kappa shape index (κ2) is 10.5. The van der Waals surface area contributed by atoms with E-state index in [1.807, 2.05) is 30.1 Å². The summed E-state index contributed by atoms with van der Waals surface area (Å²) in [7, 11) is 1.97. The van der Waals surface area contributed by atoms with E-state index in [2.05, 4.69) is 18.3 Å². The number of benzene rings is 1. The van der Waals surface area contributed by atoms with Gasteiger partial charge < -0.3 is 15.0 Å². The number of likely N-dealkylation sites (tertiary alicyclic amines) is 1. The van der Waals surface area contributed by atoms with Gasteiger partial charge in [-0.1, -0.05) is 12.1 Å². The number of nitrogens with zero attached hydrogens (tertiary/aromatic N) is 1. The molecule has 130 valence electrons. The Morgan fingerprint density at radius 1 is 1.39 bits per heavy atom. The number of amides is 1. The van der Waals surface area contributed by atoms with E-state index in [9.17, 15) is 4.79 Å². The minimum absolute atomic E-state index is 0. The number of rotatable bonds is 8. The molecule has 0 bridgehead atoms. The Morgan fingerprint density at radius 2 is 2.22 bits per heavy atom. The van der Waals surface area contributed by atoms with E-state index < -0.39 is 0 Å². The fourth-order valence-electron chi connectivity index (χ4n) is 2.95. The molecule has 1 amide bonds. The molecule has 0 saturated carbocycles. The molecule has 0 aromatic heterocycles. The van der Waals surface area contributed by atoms with Gasteiger partial charge in [-0.3, -0.25) is 4.79 Å². The average Bonchev–Trinajstić information content (AvgIpc) is 2.96. The molecule has 1 aliphatic rings. The van der Waals surface area contributed by atoms with Crippen LogP contribution in [-0.2, 0) is 4.79 Å². The number of nitrogens with one attached hydrogen (secondary N) is 1. The van der Waals surface area contributed by atoms with Crippen LogP contribution in [0.25, 0.3) is 0 Å². The molecule has 1 fully saturated rings. The van der Waals surface area contributed by atoms with Crippen molar-refractivity contribution in [2.45, 2.75) is 32.6 Å². The predicted molar refractivity (Wildman–Crippen MR) is 96.4 cm³/mol. The molecule has 23 heavy (non-hydrogen) atoms. The van der Waals surface area contributed by atoms with Crippen molar-refractivity contribution in [3.05, 3.63) is 29.8 Å². The number of carbonyl (C=O) groups is 1. The van der Waals surface area contributed by atoms with Crippen LogP contribution < -0.4 is 10.1 Å². The van der Waals surface area contributed by atoms with Crippen molar-refractivity contribution < 1.29 is 9.53 Å². The van der Waals surface area contributed by atoms with E-state index in [0.717, 1.165) is 44.6 Å². The van der Waals surface area contributed by atoms with Crippen molar-refractivity contribution in [3.8, 4) is 5.75 Å². The SMILES string of the molecule is CNCC1CCN(C(=O)CCCCOc2cccc(C)c2)C1.Cl. The van der Waals surface area contributed by atoms with Gasteiger partial charge >= 0.3 is 0 Å². The van der Waals surface area contributed by atoms with Crippen LogP contribution >= 0.6 is 12.4 Å². The lowest BCUT2D eigenvalue weighted by Gasteiger charge is -2.16. The maximum Gasteiger partial charge on any atom is 0.222 e. The van der Waals surface area contributed by atoms with E-state index >= 15 is 0 Å². The molecule has 1 atom stereocenters. The predicted octanol–water partition coefficient (Wildman–Crippen LogP) is 3.03. The summed E-state index contributed by atoms with van der Waals surface area (Å²) in [4.78, 5) is 14.2. The third-order valence-electron chi connectivity index (χ3n) is 4.17. The highest BCUT2D eigenvalue weighted by molar-refractivity contribution is 5.85. The van der Waals surface area contributed by atoms with Gasteiger partial charge in [0, 0.05) is 19.5 Å². The first kappa shape index (κ1) is 19.8. The highest BCUT2D eigenvalue weighted by atomic mass is 35.5.